The van der Waals surface area contributed by atoms with Crippen molar-refractivity contribution in [3.8, 4) is 0 Å². The van der Waals surface area contributed by atoms with Gasteiger partial charge in [0.25, 0.3) is 0 Å². The molecule has 2 N–H and O–H groups in total. The summed E-state index contributed by atoms with van der Waals surface area (Å²) in [4.78, 5) is 10.4. The van der Waals surface area contributed by atoms with Crippen molar-refractivity contribution in [2.24, 2.45) is 0 Å². The van der Waals surface area contributed by atoms with Gasteiger partial charge in [0.2, 0.25) is 10.0 Å². The van der Waals surface area contributed by atoms with Crippen LogP contribution in [0.15, 0.2) is 42.7 Å². The van der Waals surface area contributed by atoms with Gasteiger partial charge in [-0.05, 0) is 23.8 Å². The van der Waals surface area contributed by atoms with Crippen LogP contribution >= 0.6 is 0 Å². The van der Waals surface area contributed by atoms with E-state index in [9.17, 15) is 13.2 Å². The summed E-state index contributed by atoms with van der Waals surface area (Å²) in [5.41, 5.74) is 1.28. The lowest BCUT2D eigenvalue weighted by atomic mass is 10.2. The number of hydrogen-bond donors (Lipinski definition) is 2. The number of hydrogen-bond acceptors (Lipinski definition) is 4. The molecule has 20 heavy (non-hydrogen) atoms. The van der Waals surface area contributed by atoms with Crippen molar-refractivity contribution in [3.05, 3.63) is 48.3 Å². The van der Waals surface area contributed by atoms with Gasteiger partial charge in [0.05, 0.1) is 6.54 Å². The van der Waals surface area contributed by atoms with Crippen LogP contribution in [-0.2, 0) is 21.4 Å². The van der Waals surface area contributed by atoms with E-state index in [4.69, 9.17) is 5.11 Å². The van der Waals surface area contributed by atoms with Crippen molar-refractivity contribution in [1.82, 2.24) is 9.78 Å². The van der Waals surface area contributed by atoms with Crippen molar-refractivity contribution >= 4 is 21.7 Å². The number of sulfonamides is 1. The van der Waals surface area contributed by atoms with Crippen LogP contribution in [0, 0.1) is 0 Å². The maximum Gasteiger partial charge on any atom is 0.320 e. The lowest BCUT2D eigenvalue weighted by Crippen LogP contribution is -2.22. The molecule has 1 heterocycles. The topological polar surface area (TPSA) is 101 Å². The van der Waals surface area contributed by atoms with Gasteiger partial charge in [0.1, 0.15) is 0 Å². The third-order valence-corrected chi connectivity index (χ3v) is 3.62. The van der Waals surface area contributed by atoms with Gasteiger partial charge in [0.15, 0.2) is 5.75 Å². The summed E-state index contributed by atoms with van der Waals surface area (Å²) in [7, 11) is -3.86. The molecule has 0 saturated heterocycles. The van der Waals surface area contributed by atoms with E-state index in [1.807, 2.05) is 12.3 Å². The van der Waals surface area contributed by atoms with E-state index in [1.54, 1.807) is 35.1 Å². The molecule has 0 amide bonds. The predicted octanol–water partition coefficient (Wildman–Crippen LogP) is 0.758. The van der Waals surface area contributed by atoms with Crippen LogP contribution in [0.25, 0.3) is 0 Å². The number of benzene rings is 1. The summed E-state index contributed by atoms with van der Waals surface area (Å²) >= 11 is 0. The second-order valence-corrected chi connectivity index (χ2v) is 5.88. The zero-order valence-corrected chi connectivity index (χ0v) is 11.2. The molecule has 7 nitrogen and oxygen atoms in total. The van der Waals surface area contributed by atoms with E-state index < -0.39 is 21.7 Å². The number of carboxylic acid groups (broad SMARTS) is 1. The number of aliphatic carboxylic acids is 1. The molecule has 0 aliphatic carbocycles. The third-order valence-electron chi connectivity index (χ3n) is 2.44. The Balaban J connectivity index is 2.03. The summed E-state index contributed by atoms with van der Waals surface area (Å²) in [6.07, 6.45) is 3.50. The molecule has 0 saturated carbocycles. The third kappa shape index (κ3) is 4.09. The summed E-state index contributed by atoms with van der Waals surface area (Å²) in [6, 6.07) is 8.48. The molecule has 2 aromatic rings. The van der Waals surface area contributed by atoms with Gasteiger partial charge in [-0.3, -0.25) is 14.2 Å². The summed E-state index contributed by atoms with van der Waals surface area (Å²) in [5, 5.41) is 12.6. The maximum absolute atomic E-state index is 11.4. The van der Waals surface area contributed by atoms with Crippen LogP contribution in [0.2, 0.25) is 0 Å². The number of anilines is 1. The molecule has 0 aliphatic heterocycles. The minimum absolute atomic E-state index is 0.329. The van der Waals surface area contributed by atoms with Crippen molar-refractivity contribution in [3.63, 3.8) is 0 Å². The first kappa shape index (κ1) is 14.1. The highest BCUT2D eigenvalue weighted by atomic mass is 32.2. The van der Waals surface area contributed by atoms with Crippen LogP contribution < -0.4 is 4.72 Å². The van der Waals surface area contributed by atoms with Gasteiger partial charge < -0.3 is 5.11 Å². The van der Waals surface area contributed by atoms with Crippen molar-refractivity contribution in [2.45, 2.75) is 6.54 Å². The van der Waals surface area contributed by atoms with Crippen LogP contribution in [-0.4, -0.2) is 35.0 Å². The Labute approximate surface area is 115 Å². The Kier molecular flexibility index (Phi) is 4.04. The number of rotatable bonds is 6. The molecule has 0 bridgehead atoms. The van der Waals surface area contributed by atoms with Crippen LogP contribution in [0.5, 0.6) is 0 Å². The van der Waals surface area contributed by atoms with Crippen LogP contribution in [0.1, 0.15) is 5.56 Å². The number of carbonyl (C=O) groups is 1. The normalized spacial score (nSPS) is 11.2. The van der Waals surface area contributed by atoms with E-state index in [-0.39, 0.29) is 0 Å². The van der Waals surface area contributed by atoms with E-state index in [0.29, 0.717) is 12.2 Å². The highest BCUT2D eigenvalue weighted by molar-refractivity contribution is 7.93. The van der Waals surface area contributed by atoms with Gasteiger partial charge >= 0.3 is 5.97 Å². The Morgan fingerprint density at radius 1 is 1.30 bits per heavy atom. The number of nitrogens with zero attached hydrogens (tertiary/aromatic N) is 2. The standard InChI is InChI=1S/C12H13N3O4S/c16-12(17)9-20(18,19)14-11-4-2-10(3-5-11)8-15-7-1-6-13-15/h1-7,14H,8-9H2,(H,16,17). The average molecular weight is 295 g/mol. The molecule has 0 atom stereocenters. The first-order valence-corrected chi connectivity index (χ1v) is 7.38. The largest absolute Gasteiger partial charge is 0.480 e. The van der Waals surface area contributed by atoms with E-state index in [1.165, 1.54) is 0 Å². The Hall–Kier alpha value is -2.35. The fraction of sp³-hybridized carbons (Fsp3) is 0.167. The van der Waals surface area contributed by atoms with E-state index in [2.05, 4.69) is 9.82 Å². The lowest BCUT2D eigenvalue weighted by Gasteiger charge is -2.07. The van der Waals surface area contributed by atoms with E-state index in [0.717, 1.165) is 5.56 Å². The number of nitrogens with one attached hydrogen (secondary N) is 1. The highest BCUT2D eigenvalue weighted by Gasteiger charge is 2.15. The predicted molar refractivity (Wildman–Crippen MR) is 72.8 cm³/mol. The van der Waals surface area contributed by atoms with Gasteiger partial charge in [0, 0.05) is 18.1 Å². The Bertz CT molecular complexity index is 678. The fourth-order valence-corrected chi connectivity index (χ4v) is 2.53. The van der Waals surface area contributed by atoms with Gasteiger partial charge in [-0.15, -0.1) is 0 Å². The fourth-order valence-electron chi connectivity index (χ4n) is 1.64. The van der Waals surface area contributed by atoms with Gasteiger partial charge in [-0.2, -0.15) is 5.10 Å². The molecule has 0 unspecified atom stereocenters. The molecule has 0 fully saturated rings. The van der Waals surface area contributed by atoms with Crippen molar-refractivity contribution < 1.29 is 18.3 Å². The Morgan fingerprint density at radius 3 is 2.55 bits per heavy atom. The maximum atomic E-state index is 11.4. The van der Waals surface area contributed by atoms with Crippen LogP contribution in [0.4, 0.5) is 5.69 Å². The first-order chi connectivity index (χ1) is 9.44. The molecule has 1 aromatic heterocycles. The molecular formula is C12H13N3O4S. The minimum atomic E-state index is -3.86. The molecule has 2 rings (SSSR count). The molecule has 0 radical (unpaired) electrons. The minimum Gasteiger partial charge on any atom is -0.480 e. The summed E-state index contributed by atoms with van der Waals surface area (Å²) in [6.45, 7) is 0.579. The summed E-state index contributed by atoms with van der Waals surface area (Å²) < 4.78 is 26.8. The molecule has 1 aromatic carbocycles. The molecule has 106 valence electrons. The van der Waals surface area contributed by atoms with Gasteiger partial charge in [-0.25, -0.2) is 8.42 Å². The molecular weight excluding hydrogens is 282 g/mol. The first-order valence-electron chi connectivity index (χ1n) is 5.73. The summed E-state index contributed by atoms with van der Waals surface area (Å²) in [5.74, 6) is -2.35. The quantitative estimate of drug-likeness (QED) is 0.819. The monoisotopic (exact) mass is 295 g/mol. The number of aromatic nitrogens is 2. The molecule has 8 heteroatoms. The zero-order chi connectivity index (χ0) is 14.6. The van der Waals surface area contributed by atoms with E-state index >= 15 is 0 Å². The SMILES string of the molecule is O=C(O)CS(=O)(=O)Nc1ccc(Cn2cccn2)cc1. The van der Waals surface area contributed by atoms with Crippen molar-refractivity contribution in [2.75, 3.05) is 10.5 Å². The van der Waals surface area contributed by atoms with Gasteiger partial charge in [-0.1, -0.05) is 12.1 Å². The van der Waals surface area contributed by atoms with Crippen molar-refractivity contribution in [1.29, 1.82) is 0 Å². The zero-order valence-electron chi connectivity index (χ0n) is 10.4. The average Bonchev–Trinajstić information content (AvgIpc) is 2.82. The highest BCUT2D eigenvalue weighted by Crippen LogP contribution is 2.12. The van der Waals surface area contributed by atoms with Crippen LogP contribution in [0.3, 0.4) is 0 Å². The molecule has 0 spiro atoms. The smallest absolute Gasteiger partial charge is 0.320 e. The second kappa shape index (κ2) is 5.74. The Morgan fingerprint density at radius 2 is 2.00 bits per heavy atom. The second-order valence-electron chi connectivity index (χ2n) is 4.16. The molecule has 0 aliphatic rings. The number of carboxylic acids is 1. The lowest BCUT2D eigenvalue weighted by molar-refractivity contribution is -0.134.